The van der Waals surface area contributed by atoms with Crippen molar-refractivity contribution in [3.05, 3.63) is 28.8 Å². The number of likely N-dealkylation sites (N-methyl/N-ethyl adjacent to an activating group) is 1. The number of benzene rings is 1. The normalized spacial score (nSPS) is 11.6. The summed E-state index contributed by atoms with van der Waals surface area (Å²) in [4.78, 5) is 10.8. The first-order valence-electron chi connectivity index (χ1n) is 5.58. The van der Waals surface area contributed by atoms with Crippen molar-refractivity contribution in [1.82, 2.24) is 4.31 Å². The van der Waals surface area contributed by atoms with Gasteiger partial charge in [0.1, 0.15) is 9.88 Å². The van der Waals surface area contributed by atoms with Crippen molar-refractivity contribution in [1.29, 1.82) is 0 Å². The number of rotatable bonds is 6. The van der Waals surface area contributed by atoms with Gasteiger partial charge >= 0.3 is 0 Å². The highest BCUT2D eigenvalue weighted by atomic mass is 35.5. The molecule has 1 aromatic carbocycles. The zero-order chi connectivity index (χ0) is 15.5. The monoisotopic (exact) mass is 335 g/mol. The predicted octanol–water partition coefficient (Wildman–Crippen LogP) is 0.470. The Balaban J connectivity index is 3.36. The number of hydrogen-bond donors (Lipinski definition) is 2. The Kier molecular flexibility index (Phi) is 5.46. The average molecular weight is 336 g/mol. The van der Waals surface area contributed by atoms with Crippen LogP contribution in [0.1, 0.15) is 12.5 Å². The molecule has 0 unspecified atom stereocenters. The van der Waals surface area contributed by atoms with Crippen molar-refractivity contribution < 1.29 is 13.2 Å². The van der Waals surface area contributed by atoms with Crippen LogP contribution < -0.4 is 11.5 Å². The smallest absolute Gasteiger partial charge is 0.245 e. The molecule has 0 atom stereocenters. The Morgan fingerprint density at radius 3 is 2.45 bits per heavy atom. The number of thiocarbonyl (C=S) groups is 1. The van der Waals surface area contributed by atoms with Crippen molar-refractivity contribution in [3.63, 3.8) is 0 Å². The Labute approximate surface area is 127 Å². The first-order valence-corrected chi connectivity index (χ1v) is 7.80. The Morgan fingerprint density at radius 2 is 2.00 bits per heavy atom. The van der Waals surface area contributed by atoms with E-state index in [1.807, 2.05) is 0 Å². The van der Waals surface area contributed by atoms with E-state index >= 15 is 0 Å². The van der Waals surface area contributed by atoms with E-state index in [0.717, 1.165) is 4.31 Å². The summed E-state index contributed by atoms with van der Waals surface area (Å²) in [5.41, 5.74) is 10.9. The fourth-order valence-electron chi connectivity index (χ4n) is 1.53. The summed E-state index contributed by atoms with van der Waals surface area (Å²) in [5.74, 6) is -0.753. The van der Waals surface area contributed by atoms with Crippen LogP contribution in [0.2, 0.25) is 5.02 Å². The van der Waals surface area contributed by atoms with E-state index < -0.39 is 22.5 Å². The summed E-state index contributed by atoms with van der Waals surface area (Å²) >= 11 is 10.7. The second-order valence-electron chi connectivity index (χ2n) is 3.91. The lowest BCUT2D eigenvalue weighted by Crippen LogP contribution is -2.38. The van der Waals surface area contributed by atoms with Crippen LogP contribution in [0.5, 0.6) is 0 Å². The molecule has 0 radical (unpaired) electrons. The number of halogens is 1. The van der Waals surface area contributed by atoms with Gasteiger partial charge in [0.15, 0.2) is 0 Å². The minimum atomic E-state index is -3.95. The Hall–Kier alpha value is -1.22. The van der Waals surface area contributed by atoms with Crippen LogP contribution in [0, 0.1) is 0 Å². The minimum Gasteiger partial charge on any atom is -0.389 e. The summed E-state index contributed by atoms with van der Waals surface area (Å²) < 4.78 is 25.8. The minimum absolute atomic E-state index is 0.0212. The van der Waals surface area contributed by atoms with Crippen LogP contribution in [-0.4, -0.2) is 36.7 Å². The summed E-state index contributed by atoms with van der Waals surface area (Å²) in [6.07, 6.45) is 0. The van der Waals surface area contributed by atoms with Crippen LogP contribution in [0.25, 0.3) is 0 Å². The van der Waals surface area contributed by atoms with Gasteiger partial charge in [-0.25, -0.2) is 8.42 Å². The van der Waals surface area contributed by atoms with Crippen LogP contribution in [0.15, 0.2) is 23.1 Å². The average Bonchev–Trinajstić information content (AvgIpc) is 2.35. The molecule has 0 saturated heterocycles. The van der Waals surface area contributed by atoms with Gasteiger partial charge in [-0.2, -0.15) is 4.31 Å². The maximum atomic E-state index is 12.4. The molecule has 0 saturated carbocycles. The van der Waals surface area contributed by atoms with Crippen LogP contribution >= 0.6 is 23.8 Å². The molecule has 1 rings (SSSR count). The van der Waals surface area contributed by atoms with Gasteiger partial charge < -0.3 is 11.5 Å². The van der Waals surface area contributed by atoms with Gasteiger partial charge in [-0.3, -0.25) is 4.79 Å². The summed E-state index contributed by atoms with van der Waals surface area (Å²) in [6.45, 7) is 1.25. The second kappa shape index (κ2) is 6.49. The Bertz CT molecular complexity index is 646. The van der Waals surface area contributed by atoms with Gasteiger partial charge in [-0.05, 0) is 12.1 Å². The van der Waals surface area contributed by atoms with Crippen molar-refractivity contribution in [2.75, 3.05) is 13.1 Å². The van der Waals surface area contributed by atoms with Gasteiger partial charge in [0, 0.05) is 12.1 Å². The molecular formula is C11H14ClN3O3S2. The molecule has 0 bridgehead atoms. The molecule has 4 N–H and O–H groups in total. The number of nitrogens with two attached hydrogens (primary N) is 2. The summed E-state index contributed by atoms with van der Waals surface area (Å²) in [7, 11) is -3.95. The number of nitrogens with zero attached hydrogens (tertiary/aromatic N) is 1. The third kappa shape index (κ3) is 3.66. The van der Waals surface area contributed by atoms with Crippen LogP contribution in [-0.2, 0) is 14.8 Å². The first kappa shape index (κ1) is 16.8. The lowest BCUT2D eigenvalue weighted by atomic mass is 10.2. The summed E-state index contributed by atoms with van der Waals surface area (Å²) in [6, 6.07) is 4.19. The van der Waals surface area contributed by atoms with Crippen LogP contribution in [0.3, 0.4) is 0 Å². The van der Waals surface area contributed by atoms with Gasteiger partial charge in [-0.1, -0.05) is 36.8 Å². The molecular weight excluding hydrogens is 322 g/mol. The largest absolute Gasteiger partial charge is 0.389 e. The molecule has 110 valence electrons. The third-order valence-corrected chi connectivity index (χ3v) is 5.16. The maximum absolute atomic E-state index is 12.4. The van der Waals surface area contributed by atoms with E-state index in [9.17, 15) is 13.2 Å². The molecule has 0 spiro atoms. The number of carbonyl (C=O) groups excluding carboxylic acids is 1. The van der Waals surface area contributed by atoms with E-state index in [4.69, 9.17) is 35.3 Å². The molecule has 9 heteroatoms. The van der Waals surface area contributed by atoms with Crippen molar-refractivity contribution in [2.45, 2.75) is 11.8 Å². The number of sulfonamides is 1. The van der Waals surface area contributed by atoms with E-state index in [-0.39, 0.29) is 21.5 Å². The molecule has 6 nitrogen and oxygen atoms in total. The molecule has 0 fully saturated rings. The zero-order valence-electron chi connectivity index (χ0n) is 10.7. The van der Waals surface area contributed by atoms with Crippen molar-refractivity contribution >= 4 is 44.7 Å². The lowest BCUT2D eigenvalue weighted by Gasteiger charge is -2.20. The number of hydrogen-bond acceptors (Lipinski definition) is 4. The highest BCUT2D eigenvalue weighted by molar-refractivity contribution is 7.89. The second-order valence-corrected chi connectivity index (χ2v) is 6.66. The molecule has 0 aromatic heterocycles. The molecule has 1 amide bonds. The fraction of sp³-hybridized carbons (Fsp3) is 0.273. The van der Waals surface area contributed by atoms with E-state index in [2.05, 4.69) is 0 Å². The fourth-order valence-corrected chi connectivity index (χ4v) is 3.58. The van der Waals surface area contributed by atoms with Gasteiger partial charge in [-0.15, -0.1) is 0 Å². The van der Waals surface area contributed by atoms with E-state index in [1.54, 1.807) is 6.92 Å². The number of carbonyl (C=O) groups is 1. The Morgan fingerprint density at radius 1 is 1.40 bits per heavy atom. The van der Waals surface area contributed by atoms with E-state index in [0.29, 0.717) is 5.56 Å². The standard InChI is InChI=1S/C11H14ClN3O3S2/c1-2-15(6-10(13)16)20(17,18)9-5-7(11(14)19)3-4-8(9)12/h3-5H,2,6H2,1H3,(H2,13,16)(H2,14,19). The quantitative estimate of drug-likeness (QED) is 0.735. The highest BCUT2D eigenvalue weighted by Gasteiger charge is 2.27. The molecule has 0 heterocycles. The molecule has 0 aliphatic rings. The first-order chi connectivity index (χ1) is 9.20. The molecule has 1 aromatic rings. The lowest BCUT2D eigenvalue weighted by molar-refractivity contribution is -0.118. The van der Waals surface area contributed by atoms with E-state index in [1.165, 1.54) is 18.2 Å². The van der Waals surface area contributed by atoms with Gasteiger partial charge in [0.05, 0.1) is 11.6 Å². The van der Waals surface area contributed by atoms with Gasteiger partial charge in [0.25, 0.3) is 0 Å². The SMILES string of the molecule is CCN(CC(N)=O)S(=O)(=O)c1cc(C(N)=S)ccc1Cl. The molecule has 0 aliphatic heterocycles. The molecule has 0 aliphatic carbocycles. The maximum Gasteiger partial charge on any atom is 0.245 e. The topological polar surface area (TPSA) is 106 Å². The highest BCUT2D eigenvalue weighted by Crippen LogP contribution is 2.25. The number of primary amides is 1. The zero-order valence-corrected chi connectivity index (χ0v) is 13.1. The predicted molar refractivity (Wildman–Crippen MR) is 81.0 cm³/mol. The summed E-state index contributed by atoms with van der Waals surface area (Å²) in [5, 5.41) is 0.0212. The molecule has 20 heavy (non-hydrogen) atoms. The van der Waals surface area contributed by atoms with Gasteiger partial charge in [0.2, 0.25) is 15.9 Å². The number of amides is 1. The third-order valence-electron chi connectivity index (χ3n) is 2.52. The van der Waals surface area contributed by atoms with Crippen molar-refractivity contribution in [3.8, 4) is 0 Å². The van der Waals surface area contributed by atoms with Crippen LogP contribution in [0.4, 0.5) is 0 Å². The van der Waals surface area contributed by atoms with Crippen molar-refractivity contribution in [2.24, 2.45) is 11.5 Å².